The normalized spacial score (nSPS) is 12.8. The molecule has 2 N–H and O–H groups in total. The van der Waals surface area contributed by atoms with Gasteiger partial charge in [-0.15, -0.1) is 0 Å². The first-order chi connectivity index (χ1) is 9.15. The van der Waals surface area contributed by atoms with E-state index in [0.717, 1.165) is 10.9 Å². The molecule has 0 saturated carbocycles. The third kappa shape index (κ3) is 2.32. The van der Waals surface area contributed by atoms with E-state index in [9.17, 15) is 0 Å². The van der Waals surface area contributed by atoms with Crippen molar-refractivity contribution in [1.29, 1.82) is 0 Å². The fourth-order valence-corrected chi connectivity index (χ4v) is 2.53. The van der Waals surface area contributed by atoms with Crippen LogP contribution in [0.1, 0.15) is 17.4 Å². The fraction of sp³-hybridized carbons (Fsp3) is 0.0714. The van der Waals surface area contributed by atoms with E-state index in [1.807, 2.05) is 18.2 Å². The van der Waals surface area contributed by atoms with E-state index >= 15 is 0 Å². The number of rotatable bonds is 2. The molecular weight excluding hydrogens is 283 g/mol. The Morgan fingerprint density at radius 1 is 1.11 bits per heavy atom. The van der Waals surface area contributed by atoms with Crippen LogP contribution in [0.25, 0.3) is 11.0 Å². The molecule has 3 aromatic rings. The molecule has 1 unspecified atom stereocenters. The Kier molecular flexibility index (Phi) is 3.19. The van der Waals surface area contributed by atoms with Crippen LogP contribution in [0.2, 0.25) is 10.0 Å². The maximum absolute atomic E-state index is 6.17. The molecule has 1 aromatic carbocycles. The van der Waals surface area contributed by atoms with E-state index < -0.39 is 0 Å². The number of nitrogens with zero attached hydrogens (tertiary/aromatic N) is 1. The molecule has 0 amide bonds. The molecule has 19 heavy (non-hydrogen) atoms. The van der Waals surface area contributed by atoms with E-state index in [4.69, 9.17) is 33.4 Å². The molecule has 0 radical (unpaired) electrons. The van der Waals surface area contributed by atoms with Gasteiger partial charge in [-0.1, -0.05) is 23.2 Å². The summed E-state index contributed by atoms with van der Waals surface area (Å²) < 4.78 is 5.73. The topological polar surface area (TPSA) is 52.0 Å². The first kappa shape index (κ1) is 12.5. The lowest BCUT2D eigenvalue weighted by Crippen LogP contribution is -2.10. The highest BCUT2D eigenvalue weighted by Gasteiger charge is 2.16. The van der Waals surface area contributed by atoms with Crippen molar-refractivity contribution in [1.82, 2.24) is 4.98 Å². The first-order valence-electron chi connectivity index (χ1n) is 5.69. The van der Waals surface area contributed by atoms with Crippen molar-refractivity contribution in [3.8, 4) is 0 Å². The summed E-state index contributed by atoms with van der Waals surface area (Å²) in [4.78, 5) is 3.97. The summed E-state index contributed by atoms with van der Waals surface area (Å²) in [7, 11) is 0. The summed E-state index contributed by atoms with van der Waals surface area (Å²) in [6, 6.07) is 8.66. The second-order valence-corrected chi connectivity index (χ2v) is 5.06. The van der Waals surface area contributed by atoms with E-state index in [1.54, 1.807) is 24.5 Å². The zero-order valence-electron chi connectivity index (χ0n) is 9.81. The Morgan fingerprint density at radius 3 is 2.58 bits per heavy atom. The molecule has 3 nitrogen and oxygen atoms in total. The summed E-state index contributed by atoms with van der Waals surface area (Å²) in [6.45, 7) is 0. The highest BCUT2D eigenvalue weighted by molar-refractivity contribution is 6.38. The second kappa shape index (κ2) is 4.85. The Labute approximate surface area is 119 Å². The number of furan rings is 1. The van der Waals surface area contributed by atoms with Crippen LogP contribution in [-0.2, 0) is 0 Å². The number of fused-ring (bicyclic) bond motifs is 1. The maximum Gasteiger partial charge on any atom is 0.153 e. The van der Waals surface area contributed by atoms with E-state index in [2.05, 4.69) is 4.98 Å². The van der Waals surface area contributed by atoms with Gasteiger partial charge in [-0.3, -0.25) is 4.98 Å². The molecule has 0 fully saturated rings. The van der Waals surface area contributed by atoms with E-state index in [-0.39, 0.29) is 6.04 Å². The third-order valence-electron chi connectivity index (χ3n) is 2.93. The van der Waals surface area contributed by atoms with Gasteiger partial charge in [-0.05, 0) is 35.9 Å². The van der Waals surface area contributed by atoms with Gasteiger partial charge in [0.15, 0.2) is 5.58 Å². The van der Waals surface area contributed by atoms with Crippen LogP contribution in [0.4, 0.5) is 0 Å². The minimum absolute atomic E-state index is 0.356. The quantitative estimate of drug-likeness (QED) is 0.771. The molecule has 0 bridgehead atoms. The van der Waals surface area contributed by atoms with Crippen LogP contribution in [0.15, 0.2) is 47.1 Å². The molecule has 2 aromatic heterocycles. The van der Waals surface area contributed by atoms with Crippen LogP contribution in [0, 0.1) is 0 Å². The van der Waals surface area contributed by atoms with Crippen molar-refractivity contribution in [3.63, 3.8) is 0 Å². The Balaban J connectivity index is 2.09. The number of hydrogen-bond donors (Lipinski definition) is 1. The van der Waals surface area contributed by atoms with Crippen molar-refractivity contribution in [3.05, 3.63) is 64.1 Å². The summed E-state index contributed by atoms with van der Waals surface area (Å²) in [5, 5.41) is 1.90. The summed E-state index contributed by atoms with van der Waals surface area (Å²) in [5.41, 5.74) is 7.70. The lowest BCUT2D eigenvalue weighted by molar-refractivity contribution is 0.525. The van der Waals surface area contributed by atoms with Crippen molar-refractivity contribution in [2.75, 3.05) is 0 Å². The lowest BCUT2D eigenvalue weighted by Gasteiger charge is -2.07. The highest BCUT2D eigenvalue weighted by Crippen LogP contribution is 2.33. The van der Waals surface area contributed by atoms with Gasteiger partial charge in [0.05, 0.1) is 11.1 Å². The smallest absolute Gasteiger partial charge is 0.153 e. The van der Waals surface area contributed by atoms with Crippen molar-refractivity contribution < 1.29 is 4.42 Å². The largest absolute Gasteiger partial charge is 0.457 e. The molecule has 3 rings (SSSR count). The van der Waals surface area contributed by atoms with Crippen LogP contribution < -0.4 is 5.73 Å². The average Bonchev–Trinajstić information content (AvgIpc) is 2.83. The van der Waals surface area contributed by atoms with Gasteiger partial charge in [0.1, 0.15) is 5.76 Å². The molecule has 2 heterocycles. The zero-order valence-corrected chi connectivity index (χ0v) is 11.3. The van der Waals surface area contributed by atoms with E-state index in [0.29, 0.717) is 21.4 Å². The predicted octanol–water partition coefficient (Wildman–Crippen LogP) is 4.18. The summed E-state index contributed by atoms with van der Waals surface area (Å²) in [5.74, 6) is 0.644. The van der Waals surface area contributed by atoms with Gasteiger partial charge in [-0.25, -0.2) is 0 Å². The molecule has 96 valence electrons. The number of nitrogens with two attached hydrogens (primary N) is 1. The van der Waals surface area contributed by atoms with Gasteiger partial charge in [0, 0.05) is 22.8 Å². The van der Waals surface area contributed by atoms with Gasteiger partial charge in [-0.2, -0.15) is 0 Å². The van der Waals surface area contributed by atoms with Gasteiger partial charge < -0.3 is 10.2 Å². The predicted molar refractivity (Wildman–Crippen MR) is 76.5 cm³/mol. The highest BCUT2D eigenvalue weighted by atomic mass is 35.5. The first-order valence-corrected chi connectivity index (χ1v) is 6.45. The maximum atomic E-state index is 6.17. The third-order valence-corrected chi connectivity index (χ3v) is 3.43. The number of halogens is 2. The number of hydrogen-bond acceptors (Lipinski definition) is 3. The van der Waals surface area contributed by atoms with Crippen LogP contribution in [-0.4, -0.2) is 4.98 Å². The average molecular weight is 293 g/mol. The van der Waals surface area contributed by atoms with Crippen LogP contribution >= 0.6 is 23.2 Å². The Bertz CT molecular complexity index is 725. The minimum Gasteiger partial charge on any atom is -0.457 e. The molecule has 0 aliphatic rings. The molecule has 5 heteroatoms. The molecular formula is C14H10Cl2N2O. The summed E-state index contributed by atoms with van der Waals surface area (Å²) >= 11 is 12.1. The van der Waals surface area contributed by atoms with Crippen LogP contribution in [0.5, 0.6) is 0 Å². The monoisotopic (exact) mass is 292 g/mol. The fourth-order valence-electron chi connectivity index (χ4n) is 1.98. The molecule has 0 spiro atoms. The van der Waals surface area contributed by atoms with Crippen molar-refractivity contribution in [2.45, 2.75) is 6.04 Å². The van der Waals surface area contributed by atoms with Gasteiger partial charge in [0.2, 0.25) is 0 Å². The van der Waals surface area contributed by atoms with Gasteiger partial charge >= 0.3 is 0 Å². The second-order valence-electron chi connectivity index (χ2n) is 4.21. The van der Waals surface area contributed by atoms with Crippen molar-refractivity contribution >= 4 is 34.2 Å². The van der Waals surface area contributed by atoms with E-state index in [1.165, 1.54) is 0 Å². The molecule has 1 atom stereocenters. The number of aromatic nitrogens is 1. The lowest BCUT2D eigenvalue weighted by atomic mass is 10.1. The SMILES string of the molecule is NC(c1ccncc1)c1cc2cc(Cl)cc(Cl)c2o1. The Morgan fingerprint density at radius 2 is 1.84 bits per heavy atom. The standard InChI is InChI=1S/C14H10Cl2N2O/c15-10-5-9-6-12(19-14(9)11(16)7-10)13(17)8-1-3-18-4-2-8/h1-7,13H,17H2. The van der Waals surface area contributed by atoms with Gasteiger partial charge in [0.25, 0.3) is 0 Å². The molecule has 0 aliphatic carbocycles. The summed E-state index contributed by atoms with van der Waals surface area (Å²) in [6.07, 6.45) is 3.39. The van der Waals surface area contributed by atoms with Crippen LogP contribution in [0.3, 0.4) is 0 Å². The molecule has 0 saturated heterocycles. The zero-order chi connectivity index (χ0) is 13.4. The van der Waals surface area contributed by atoms with Crippen molar-refractivity contribution in [2.24, 2.45) is 5.73 Å². The minimum atomic E-state index is -0.356. The molecule has 0 aliphatic heterocycles. The Hall–Kier alpha value is -1.55. The number of benzene rings is 1. The number of pyridine rings is 1.